The lowest BCUT2D eigenvalue weighted by atomic mass is 9.83. The average Bonchev–Trinajstić information content (AvgIpc) is 3.22. The second-order valence-corrected chi connectivity index (χ2v) is 9.22. The fourth-order valence-electron chi connectivity index (χ4n) is 5.20. The van der Waals surface area contributed by atoms with E-state index in [9.17, 15) is 4.79 Å². The van der Waals surface area contributed by atoms with Gasteiger partial charge in [0.15, 0.2) is 0 Å². The summed E-state index contributed by atoms with van der Waals surface area (Å²) in [6.45, 7) is 6.48. The first kappa shape index (κ1) is 23.4. The van der Waals surface area contributed by atoms with Gasteiger partial charge in [0.1, 0.15) is 17.6 Å². The number of pyridine rings is 1. The van der Waals surface area contributed by atoms with Crippen LogP contribution < -0.4 is 19.9 Å². The number of methoxy groups -OCH3 is 2. The number of nitrogens with two attached hydrogens (primary N) is 1. The molecule has 7 heteroatoms. The highest BCUT2D eigenvalue weighted by Crippen LogP contribution is 2.36. The van der Waals surface area contributed by atoms with Crippen molar-refractivity contribution in [1.29, 1.82) is 0 Å². The number of rotatable bonds is 7. The number of aromatic nitrogens is 1. The van der Waals surface area contributed by atoms with Crippen LogP contribution in [0, 0.1) is 5.92 Å². The summed E-state index contributed by atoms with van der Waals surface area (Å²) in [6.07, 6.45) is 8.04. The Kier molecular flexibility index (Phi) is 7.08. The monoisotopic (exact) mass is 453 g/mol. The molecule has 3 atom stereocenters. The number of hydrogen-bond donors (Lipinski definition) is 1. The largest absolute Gasteiger partial charge is 0.496 e. The lowest BCUT2D eigenvalue weighted by Crippen LogP contribution is -2.49. The normalized spacial score (nSPS) is 22.2. The van der Waals surface area contributed by atoms with E-state index in [0.29, 0.717) is 35.4 Å². The standard InChI is InChI=1S/C26H35N3O4/c1-5-17-12-20-21(13-22(17)31-3)28-24(32-4)14-23(20)33-19-11-16(2)29(15-19)26(30)25(27)18-9-7-6-8-10-18/h5,12-14,16,18-19,25H,1,6-11,15,27H2,2-4H3/t16-,19+,25-/m0/s1. The van der Waals surface area contributed by atoms with Crippen LogP contribution in [-0.4, -0.2) is 54.7 Å². The van der Waals surface area contributed by atoms with Gasteiger partial charge >= 0.3 is 0 Å². The van der Waals surface area contributed by atoms with E-state index in [-0.39, 0.29) is 18.1 Å². The van der Waals surface area contributed by atoms with Crippen LogP contribution in [0.15, 0.2) is 24.8 Å². The van der Waals surface area contributed by atoms with Gasteiger partial charge in [-0.05, 0) is 31.7 Å². The maximum atomic E-state index is 13.2. The third-order valence-electron chi connectivity index (χ3n) is 7.08. The maximum absolute atomic E-state index is 13.2. The topological polar surface area (TPSA) is 86.9 Å². The van der Waals surface area contributed by atoms with Crippen LogP contribution in [-0.2, 0) is 4.79 Å². The molecule has 1 aliphatic heterocycles. The average molecular weight is 454 g/mol. The number of nitrogens with zero attached hydrogens (tertiary/aromatic N) is 2. The quantitative estimate of drug-likeness (QED) is 0.677. The summed E-state index contributed by atoms with van der Waals surface area (Å²) < 4.78 is 17.3. The van der Waals surface area contributed by atoms with E-state index < -0.39 is 6.04 Å². The molecule has 2 aromatic rings. The second kappa shape index (κ2) is 10.00. The lowest BCUT2D eigenvalue weighted by Gasteiger charge is -2.31. The van der Waals surface area contributed by atoms with Crippen molar-refractivity contribution in [3.8, 4) is 17.4 Å². The Morgan fingerprint density at radius 1 is 1.18 bits per heavy atom. The molecule has 0 unspecified atom stereocenters. The summed E-state index contributed by atoms with van der Waals surface area (Å²) in [4.78, 5) is 19.7. The third kappa shape index (κ3) is 4.78. The first-order valence-electron chi connectivity index (χ1n) is 11.9. The first-order chi connectivity index (χ1) is 15.9. The zero-order chi connectivity index (χ0) is 23.5. The summed E-state index contributed by atoms with van der Waals surface area (Å²) in [6, 6.07) is 5.28. The number of amides is 1. The number of benzene rings is 1. The van der Waals surface area contributed by atoms with Crippen LogP contribution in [0.3, 0.4) is 0 Å². The Morgan fingerprint density at radius 3 is 2.61 bits per heavy atom. The van der Waals surface area contributed by atoms with Gasteiger partial charge in [0, 0.05) is 35.5 Å². The molecule has 1 saturated heterocycles. The Hall–Kier alpha value is -2.80. The number of fused-ring (bicyclic) bond motifs is 1. The predicted octanol–water partition coefficient (Wildman–Crippen LogP) is 4.17. The molecule has 1 aliphatic carbocycles. The molecule has 0 spiro atoms. The summed E-state index contributed by atoms with van der Waals surface area (Å²) >= 11 is 0. The highest BCUT2D eigenvalue weighted by molar-refractivity contribution is 5.90. The van der Waals surface area contributed by atoms with Gasteiger partial charge in [-0.15, -0.1) is 0 Å². The van der Waals surface area contributed by atoms with E-state index in [1.54, 1.807) is 26.4 Å². The molecule has 1 saturated carbocycles. The van der Waals surface area contributed by atoms with E-state index in [2.05, 4.69) is 18.5 Å². The van der Waals surface area contributed by atoms with Gasteiger partial charge in [-0.3, -0.25) is 4.79 Å². The molecule has 0 bridgehead atoms. The van der Waals surface area contributed by atoms with E-state index in [4.69, 9.17) is 19.9 Å². The van der Waals surface area contributed by atoms with Crippen LogP contribution in [0.1, 0.15) is 51.0 Å². The van der Waals surface area contributed by atoms with E-state index >= 15 is 0 Å². The van der Waals surface area contributed by atoms with Gasteiger partial charge < -0.3 is 24.8 Å². The molecule has 1 amide bonds. The van der Waals surface area contributed by atoms with Crippen molar-refractivity contribution in [1.82, 2.24) is 9.88 Å². The van der Waals surface area contributed by atoms with Crippen LogP contribution >= 0.6 is 0 Å². The summed E-state index contributed by atoms with van der Waals surface area (Å²) in [5, 5.41) is 0.850. The van der Waals surface area contributed by atoms with Gasteiger partial charge in [0.2, 0.25) is 11.8 Å². The second-order valence-electron chi connectivity index (χ2n) is 9.22. The smallest absolute Gasteiger partial charge is 0.240 e. The van der Waals surface area contributed by atoms with Gasteiger partial charge in [-0.25, -0.2) is 4.98 Å². The van der Waals surface area contributed by atoms with Crippen LogP contribution in [0.5, 0.6) is 17.4 Å². The molecular weight excluding hydrogens is 418 g/mol. The van der Waals surface area contributed by atoms with Crippen molar-refractivity contribution >= 4 is 22.9 Å². The van der Waals surface area contributed by atoms with Crippen LogP contribution in [0.25, 0.3) is 17.0 Å². The van der Waals surface area contributed by atoms with Gasteiger partial charge in [-0.2, -0.15) is 0 Å². The highest BCUT2D eigenvalue weighted by Gasteiger charge is 2.38. The van der Waals surface area contributed by atoms with E-state index in [1.165, 1.54) is 19.3 Å². The fourth-order valence-corrected chi connectivity index (χ4v) is 5.20. The van der Waals surface area contributed by atoms with E-state index in [1.807, 2.05) is 17.0 Å². The molecule has 4 rings (SSSR count). The minimum atomic E-state index is -0.420. The zero-order valence-electron chi connectivity index (χ0n) is 19.9. The number of hydrogen-bond acceptors (Lipinski definition) is 6. The third-order valence-corrected chi connectivity index (χ3v) is 7.08. The first-order valence-corrected chi connectivity index (χ1v) is 11.9. The van der Waals surface area contributed by atoms with Crippen molar-refractivity contribution in [2.24, 2.45) is 11.7 Å². The SMILES string of the molecule is C=Cc1cc2c(O[C@@H]3C[C@H](C)N(C(=O)[C@@H](N)C4CCCCC4)C3)cc(OC)nc2cc1OC. The molecular formula is C26H35N3O4. The van der Waals surface area contributed by atoms with Gasteiger partial charge in [-0.1, -0.05) is 31.9 Å². The number of likely N-dealkylation sites (tertiary alicyclic amines) is 1. The summed E-state index contributed by atoms with van der Waals surface area (Å²) in [5.41, 5.74) is 8.00. The fraction of sp³-hybridized carbons (Fsp3) is 0.538. The van der Waals surface area contributed by atoms with Crippen LogP contribution in [0.4, 0.5) is 0 Å². The molecule has 7 nitrogen and oxygen atoms in total. The van der Waals surface area contributed by atoms with Crippen molar-refractivity contribution in [3.05, 3.63) is 30.3 Å². The molecule has 33 heavy (non-hydrogen) atoms. The maximum Gasteiger partial charge on any atom is 0.240 e. The molecule has 1 aromatic heterocycles. The number of ether oxygens (including phenoxy) is 3. The van der Waals surface area contributed by atoms with Gasteiger partial charge in [0.05, 0.1) is 32.3 Å². The predicted molar refractivity (Wildman–Crippen MR) is 130 cm³/mol. The Morgan fingerprint density at radius 2 is 1.94 bits per heavy atom. The Balaban J connectivity index is 1.55. The minimum absolute atomic E-state index is 0.0522. The van der Waals surface area contributed by atoms with Crippen LogP contribution in [0.2, 0.25) is 0 Å². The zero-order valence-corrected chi connectivity index (χ0v) is 19.9. The van der Waals surface area contributed by atoms with Crippen molar-refractivity contribution < 1.29 is 19.0 Å². The van der Waals surface area contributed by atoms with Crippen molar-refractivity contribution in [2.45, 2.75) is 63.6 Å². The summed E-state index contributed by atoms with van der Waals surface area (Å²) in [7, 11) is 3.20. The Labute approximate surface area is 195 Å². The van der Waals surface area contributed by atoms with Crippen molar-refractivity contribution in [2.75, 3.05) is 20.8 Å². The Bertz CT molecular complexity index is 1020. The number of carbonyl (C=O) groups excluding carboxylic acids is 1. The lowest BCUT2D eigenvalue weighted by molar-refractivity contribution is -0.135. The molecule has 2 aliphatic rings. The molecule has 178 valence electrons. The molecule has 2 fully saturated rings. The van der Waals surface area contributed by atoms with Gasteiger partial charge in [0.25, 0.3) is 0 Å². The minimum Gasteiger partial charge on any atom is -0.496 e. The van der Waals surface area contributed by atoms with Crippen molar-refractivity contribution in [3.63, 3.8) is 0 Å². The molecule has 1 aromatic carbocycles. The van der Waals surface area contributed by atoms with E-state index in [0.717, 1.165) is 30.2 Å². The highest BCUT2D eigenvalue weighted by atomic mass is 16.5. The molecule has 2 N–H and O–H groups in total. The molecule has 0 radical (unpaired) electrons. The number of carbonyl (C=O) groups is 1. The molecule has 2 heterocycles. The summed E-state index contributed by atoms with van der Waals surface area (Å²) in [5.74, 6) is 2.16.